The van der Waals surface area contributed by atoms with Crippen molar-refractivity contribution < 1.29 is 115 Å². The van der Waals surface area contributed by atoms with Crippen molar-refractivity contribution in [2.75, 3.05) is 13.2 Å². The van der Waals surface area contributed by atoms with Gasteiger partial charge in [0, 0.05) is 96.7 Å². The molecular formula is C110H170Br2O25S2Si2. The first-order valence-corrected chi connectivity index (χ1v) is 63.2. The van der Waals surface area contributed by atoms with Gasteiger partial charge in [-0.3, -0.25) is 18.0 Å². The Morgan fingerprint density at radius 1 is 0.496 bits per heavy atom. The predicted molar refractivity (Wildman–Crippen MR) is 554 cm³/mol. The second kappa shape index (κ2) is 46.7. The van der Waals surface area contributed by atoms with E-state index in [2.05, 4.69) is 174 Å². The molecule has 0 spiro atoms. The number of benzene rings is 2. The molecule has 31 heteroatoms. The van der Waals surface area contributed by atoms with Gasteiger partial charge in [0.05, 0.1) is 107 Å². The van der Waals surface area contributed by atoms with Crippen LogP contribution in [0.2, 0.25) is 36.3 Å². The molecule has 16 saturated heterocycles. The van der Waals surface area contributed by atoms with Crippen LogP contribution in [0.5, 0.6) is 0 Å². The van der Waals surface area contributed by atoms with Crippen LogP contribution in [-0.2, 0) is 118 Å². The topological polar surface area (TPSA) is 286 Å². The van der Waals surface area contributed by atoms with Crippen LogP contribution in [0.25, 0.3) is 0 Å². The van der Waals surface area contributed by atoms with E-state index in [1.807, 2.05) is 13.8 Å². The van der Waals surface area contributed by atoms with Crippen molar-refractivity contribution in [2.45, 2.75) is 501 Å². The fourth-order valence-electron chi connectivity index (χ4n) is 24.2. The number of halogens is 2. The SMILES string of the molecule is C.C=C(Br)C[C@@H](CC[C@@]12C[C@H]3O[C@H]4[C@@H](O1)[C@H]1OC(CC(=O)C[C@@H]5[C@@H](C)[C@@H](C[C@H](C)CO[Si](C)(C)C(C)(C)C)O[C@H]5CC5O[C@@H](CCC=O)C[C@@H](C)C5=C)CC[C@@H]1O[C@H]4[C@H]3O2)OS(=O)(=O)c1ccc(C)cc1.C=C(Br)C[C@@H](CC[C@@]12C[C@H]3O[C@H]4[C@@H](O1)[C@H]1OC(CC(=O)C[C@@H]5[C@@H](C)[C@@H](C[C@H](C)CO[Si](C)(C)C(C)(C)C)O[C@H]5CC5O[C@@H](CCCC)C[C@@H](C)C5=C)CC[C@@H]1O[C@H]4[C@H]3O2)OS(=O)(=O)c1ccc(C)cc1. The zero-order chi connectivity index (χ0) is 101. The van der Waals surface area contributed by atoms with Crippen LogP contribution in [0.15, 0.2) is 105 Å². The highest BCUT2D eigenvalue weighted by Gasteiger charge is 2.71. The molecule has 794 valence electrons. The van der Waals surface area contributed by atoms with Gasteiger partial charge in [0.15, 0.2) is 28.2 Å². The van der Waals surface area contributed by atoms with Gasteiger partial charge in [0.2, 0.25) is 0 Å². The Morgan fingerprint density at radius 3 is 1.23 bits per heavy atom. The van der Waals surface area contributed by atoms with Gasteiger partial charge in [-0.25, -0.2) is 0 Å². The van der Waals surface area contributed by atoms with Gasteiger partial charge in [-0.15, -0.1) is 0 Å². The molecule has 0 aliphatic carbocycles. The van der Waals surface area contributed by atoms with Crippen molar-refractivity contribution in [3.8, 4) is 0 Å². The summed E-state index contributed by atoms with van der Waals surface area (Å²) in [5, 5.41) is 0.254. The molecule has 0 saturated carbocycles. The van der Waals surface area contributed by atoms with Crippen molar-refractivity contribution in [3.05, 3.63) is 106 Å². The summed E-state index contributed by atoms with van der Waals surface area (Å²) in [7, 11) is -12.0. The number of fused-ring (bicyclic) bond motifs is 2. The van der Waals surface area contributed by atoms with E-state index in [0.29, 0.717) is 137 Å². The van der Waals surface area contributed by atoms with Gasteiger partial charge in [0.1, 0.15) is 78.9 Å². The highest BCUT2D eigenvalue weighted by molar-refractivity contribution is 9.12. The second-order valence-electron chi connectivity index (χ2n) is 47.7. The lowest BCUT2D eigenvalue weighted by Crippen LogP contribution is -2.61. The Labute approximate surface area is 862 Å². The largest absolute Gasteiger partial charge is 0.417 e. The number of rotatable bonds is 44. The Kier molecular flexibility index (Phi) is 37.6. The Morgan fingerprint density at radius 2 is 0.865 bits per heavy atom. The lowest BCUT2D eigenvalue weighted by molar-refractivity contribution is -0.292. The first-order valence-electron chi connectivity index (χ1n) is 52.9. The fourth-order valence-corrected chi connectivity index (χ4v) is 29.4. The number of hydrogen-bond donors (Lipinski definition) is 0. The van der Waals surface area contributed by atoms with Crippen molar-refractivity contribution >= 4 is 86.6 Å². The average Bonchev–Trinajstić information content (AvgIpc) is 1.55. The van der Waals surface area contributed by atoms with Crippen LogP contribution in [0.4, 0.5) is 0 Å². The number of carbonyl (C=O) groups is 3. The van der Waals surface area contributed by atoms with Crippen molar-refractivity contribution in [3.63, 3.8) is 0 Å². The van der Waals surface area contributed by atoms with Crippen LogP contribution in [-0.4, -0.2) is 235 Å². The number of carbonyl (C=O) groups excluding carboxylic acids is 3. The summed E-state index contributed by atoms with van der Waals surface area (Å²) >= 11 is 6.88. The molecule has 0 amide bonds. The lowest BCUT2D eigenvalue weighted by Gasteiger charge is -2.47. The van der Waals surface area contributed by atoms with E-state index in [9.17, 15) is 31.2 Å². The number of hydrogen-bond acceptors (Lipinski definition) is 25. The number of aryl methyl sites for hydroxylation is 2. The summed E-state index contributed by atoms with van der Waals surface area (Å²) in [4.78, 5) is 40.5. The van der Waals surface area contributed by atoms with Crippen LogP contribution in [0.1, 0.15) is 282 Å². The summed E-state index contributed by atoms with van der Waals surface area (Å²) in [6.07, 6.45) is 9.91. The molecule has 16 aliphatic heterocycles. The summed E-state index contributed by atoms with van der Waals surface area (Å²) in [6.45, 7) is 60.7. The number of Topliss-reactive ketones (excluding diaryl/α,β-unsaturated/α-hetero) is 2. The van der Waals surface area contributed by atoms with Crippen LogP contribution in [0.3, 0.4) is 0 Å². The predicted octanol–water partition coefficient (Wildman–Crippen LogP) is 22.3. The smallest absolute Gasteiger partial charge is 0.297 e. The van der Waals surface area contributed by atoms with Crippen molar-refractivity contribution in [1.82, 2.24) is 0 Å². The highest BCUT2D eigenvalue weighted by Crippen LogP contribution is 2.58. The van der Waals surface area contributed by atoms with E-state index in [4.69, 9.17) is 83.5 Å². The van der Waals surface area contributed by atoms with Gasteiger partial charge >= 0.3 is 0 Å². The third-order valence-electron chi connectivity index (χ3n) is 34.6. The molecule has 16 fully saturated rings. The Balaban J connectivity index is 0.000000223. The third kappa shape index (κ3) is 26.8. The molecule has 0 aromatic heterocycles. The molecular weight excluding hydrogens is 2000 g/mol. The standard InChI is InChI=1S/C55H85BrO12SSi.C54H81BrO13SSi.CH4/c1-13-14-15-39-25-34(4)36(6)46(61-39)29-47-43(37(7)45(63-47)24-33(3)31-60-70(11,12)54(8,9)10)28-38(57)27-40-18-21-44-49(62-40)53-52-51(64-44)50-48(65-52)30-55(66-50,67-53)23-22-41(26-35(5)56)68-69(58,59)42-19-16-32(2)17-20-42;1-31-14-17-41(18-15-31)69(58,59)68-40(25-34(4)55)20-21-54-29-47-49(66-54)50-51(65-47)52(67-54)48-43(64-50)19-16-39(62-48)26-37(57)27-42-36(6)44(23-32(2)30-60-70(10,11)53(7,8)9)63-46(42)28-45-35(5)33(3)24-38(61-45)13-12-22-56;/h16-17,19-20,33-34,37,39-41,43-53H,5-6,13-15,18,21-31H2,1-4,7-12H3;14-15,17-18,22,32-33,36,38-40,42-52H,4-5,12-13,16,19-21,23-30H2,1-3,6-11H3;1H4/t33-,34+,37+,39-,40?,41+,43+,44-,45+,46?,47-,48+,49-,50-,51-,52+,53-,55-;32-,33+,36+,38-,39?,40+,42+,43-,44+,45?,46-,47+,48-,49-,50-,51+,52-,54-;/m00./s1. The molecule has 2 aromatic rings. The fraction of sp³-hybridized carbons (Fsp3) is 0.791. The Hall–Kier alpha value is -3.02. The van der Waals surface area contributed by atoms with E-state index in [-0.39, 0.29) is 210 Å². The van der Waals surface area contributed by atoms with E-state index in [1.54, 1.807) is 48.5 Å². The second-order valence-corrected chi connectivity index (χ2v) is 62.7. The molecule has 0 radical (unpaired) electrons. The average molecular weight is 2170 g/mol. The van der Waals surface area contributed by atoms with Crippen LogP contribution in [0, 0.1) is 61.2 Å². The van der Waals surface area contributed by atoms with Gasteiger partial charge in [-0.2, -0.15) is 16.8 Å². The molecule has 141 heavy (non-hydrogen) atoms. The van der Waals surface area contributed by atoms with Gasteiger partial charge in [-0.1, -0.05) is 204 Å². The number of ketones is 2. The lowest BCUT2D eigenvalue weighted by atomic mass is 9.78. The molecule has 18 rings (SSSR count). The maximum absolute atomic E-state index is 14.5. The zero-order valence-corrected chi connectivity index (χ0v) is 93.7. The molecule has 4 unspecified atom stereocenters. The number of ether oxygens (including phenoxy) is 14. The molecule has 25 nitrogen and oxygen atoms in total. The molecule has 16 aliphatic rings. The first kappa shape index (κ1) is 114. The van der Waals surface area contributed by atoms with E-state index in [0.717, 1.165) is 79.9 Å². The van der Waals surface area contributed by atoms with E-state index >= 15 is 0 Å². The van der Waals surface area contributed by atoms with Crippen LogP contribution < -0.4 is 0 Å². The number of aldehydes is 1. The van der Waals surface area contributed by atoms with E-state index in [1.165, 1.54) is 0 Å². The number of unbranched alkanes of at least 4 members (excludes halogenated alkanes) is 1. The molecule has 2 aromatic carbocycles. The molecule has 12 bridgehead atoms. The maximum atomic E-state index is 14.5. The third-order valence-corrected chi connectivity index (χ3v) is 47.0. The van der Waals surface area contributed by atoms with Gasteiger partial charge in [-0.05, 0) is 219 Å². The molecule has 0 N–H and O–H groups in total. The molecule has 16 heterocycles. The summed E-state index contributed by atoms with van der Waals surface area (Å²) in [5.41, 5.74) is 4.10. The monoisotopic (exact) mass is 2170 g/mol. The minimum absolute atomic E-state index is 0. The van der Waals surface area contributed by atoms with Crippen molar-refractivity contribution in [1.29, 1.82) is 0 Å². The summed E-state index contributed by atoms with van der Waals surface area (Å²) in [5.74, 6) is -0.276. The first-order chi connectivity index (χ1) is 65.9. The summed E-state index contributed by atoms with van der Waals surface area (Å²) in [6, 6.07) is 13.3. The minimum atomic E-state index is -4.06. The maximum Gasteiger partial charge on any atom is 0.297 e. The van der Waals surface area contributed by atoms with Crippen LogP contribution >= 0.6 is 31.9 Å². The van der Waals surface area contributed by atoms with Crippen molar-refractivity contribution in [2.24, 2.45) is 47.3 Å². The zero-order valence-electron chi connectivity index (χ0n) is 86.9. The Bertz CT molecular complexity index is 4860. The molecule has 36 atom stereocenters. The quantitative estimate of drug-likeness (QED) is 0.0258. The summed E-state index contributed by atoms with van der Waals surface area (Å²) < 4.78 is 176. The minimum Gasteiger partial charge on any atom is -0.417 e. The van der Waals surface area contributed by atoms with Gasteiger partial charge in [0.25, 0.3) is 20.2 Å². The normalized spacial score (nSPS) is 37.8. The van der Waals surface area contributed by atoms with E-state index < -0.39 is 91.2 Å². The highest BCUT2D eigenvalue weighted by atomic mass is 79.9. The van der Waals surface area contributed by atoms with Gasteiger partial charge < -0.3 is 80.0 Å².